The number of sulfonamides is 1. The Bertz CT molecular complexity index is 849. The van der Waals surface area contributed by atoms with Crippen molar-refractivity contribution in [1.82, 2.24) is 9.29 Å². The van der Waals surface area contributed by atoms with Crippen LogP contribution >= 0.6 is 23.2 Å². The molecule has 0 bridgehead atoms. The van der Waals surface area contributed by atoms with Crippen molar-refractivity contribution in [2.75, 3.05) is 25.0 Å². The molecule has 0 amide bonds. The van der Waals surface area contributed by atoms with E-state index in [4.69, 9.17) is 23.2 Å². The fourth-order valence-corrected chi connectivity index (χ4v) is 4.81. The maximum Gasteiger partial charge on any atom is 0.244 e. The van der Waals surface area contributed by atoms with Crippen molar-refractivity contribution >= 4 is 39.0 Å². The normalized spacial score (nSPS) is 16.6. The van der Waals surface area contributed by atoms with Crippen molar-refractivity contribution in [3.63, 3.8) is 0 Å². The average molecular weight is 416 g/mol. The maximum absolute atomic E-state index is 12.5. The summed E-state index contributed by atoms with van der Waals surface area (Å²) in [6.45, 7) is 1.29. The van der Waals surface area contributed by atoms with Crippen LogP contribution in [0.3, 0.4) is 0 Å². The molecule has 26 heavy (non-hydrogen) atoms. The number of halogens is 2. The van der Waals surface area contributed by atoms with Crippen molar-refractivity contribution in [1.29, 1.82) is 0 Å². The fourth-order valence-electron chi connectivity index (χ4n) is 2.80. The van der Waals surface area contributed by atoms with Gasteiger partial charge in [-0.1, -0.05) is 23.2 Å². The highest BCUT2D eigenvalue weighted by Crippen LogP contribution is 2.24. The second kappa shape index (κ2) is 8.10. The zero-order chi connectivity index (χ0) is 18.7. The van der Waals surface area contributed by atoms with Crippen molar-refractivity contribution < 1.29 is 13.5 Å². The minimum atomic E-state index is -3.47. The molecule has 1 unspecified atom stereocenters. The molecule has 140 valence electrons. The Morgan fingerprint density at radius 2 is 1.81 bits per heavy atom. The lowest BCUT2D eigenvalue weighted by Crippen LogP contribution is -2.28. The van der Waals surface area contributed by atoms with E-state index in [0.717, 1.165) is 12.8 Å². The molecule has 1 atom stereocenters. The smallest absolute Gasteiger partial charge is 0.244 e. The van der Waals surface area contributed by atoms with E-state index in [9.17, 15) is 13.5 Å². The fraction of sp³-hybridized carbons (Fsp3) is 0.353. The van der Waals surface area contributed by atoms with E-state index < -0.39 is 16.1 Å². The van der Waals surface area contributed by atoms with Crippen molar-refractivity contribution in [3.8, 4) is 0 Å². The second-order valence-corrected chi connectivity index (χ2v) is 8.90. The van der Waals surface area contributed by atoms with E-state index >= 15 is 0 Å². The van der Waals surface area contributed by atoms with E-state index in [0.29, 0.717) is 34.5 Å². The van der Waals surface area contributed by atoms with Crippen LogP contribution < -0.4 is 5.32 Å². The molecule has 3 rings (SSSR count). The third-order valence-electron chi connectivity index (χ3n) is 4.19. The molecule has 2 aromatic rings. The monoisotopic (exact) mass is 415 g/mol. The zero-order valence-corrected chi connectivity index (χ0v) is 16.2. The van der Waals surface area contributed by atoms with E-state index in [1.807, 2.05) is 0 Å². The molecule has 0 saturated carbocycles. The molecule has 6 nitrogen and oxygen atoms in total. The first kappa shape index (κ1) is 19.4. The van der Waals surface area contributed by atoms with Gasteiger partial charge in [0.15, 0.2) is 0 Å². The van der Waals surface area contributed by atoms with E-state index in [-0.39, 0.29) is 11.4 Å². The average Bonchev–Trinajstić information content (AvgIpc) is 3.14. The summed E-state index contributed by atoms with van der Waals surface area (Å²) in [5.41, 5.74) is 0.586. The maximum atomic E-state index is 12.5. The van der Waals surface area contributed by atoms with Gasteiger partial charge >= 0.3 is 0 Å². The number of aliphatic hydroxyl groups is 1. The summed E-state index contributed by atoms with van der Waals surface area (Å²) < 4.78 is 26.4. The number of anilines is 1. The van der Waals surface area contributed by atoms with Gasteiger partial charge in [-0.05, 0) is 48.7 Å². The summed E-state index contributed by atoms with van der Waals surface area (Å²) in [5, 5.41) is 14.1. The van der Waals surface area contributed by atoms with Crippen LogP contribution in [-0.4, -0.2) is 42.4 Å². The van der Waals surface area contributed by atoms with Gasteiger partial charge in [-0.3, -0.25) is 0 Å². The molecule has 9 heteroatoms. The zero-order valence-electron chi connectivity index (χ0n) is 13.9. The topological polar surface area (TPSA) is 82.5 Å². The first-order valence-corrected chi connectivity index (χ1v) is 10.4. The van der Waals surface area contributed by atoms with Gasteiger partial charge in [0.2, 0.25) is 10.0 Å². The highest BCUT2D eigenvalue weighted by molar-refractivity contribution is 7.89. The van der Waals surface area contributed by atoms with Crippen LogP contribution in [0.15, 0.2) is 41.4 Å². The van der Waals surface area contributed by atoms with Gasteiger partial charge in [-0.2, -0.15) is 4.31 Å². The molecule has 1 aliphatic heterocycles. The third-order valence-corrected chi connectivity index (χ3v) is 6.50. The molecule has 0 aliphatic carbocycles. The number of rotatable bonds is 6. The predicted octanol–water partition coefficient (Wildman–Crippen LogP) is 3.32. The van der Waals surface area contributed by atoms with Crippen LogP contribution in [0, 0.1) is 0 Å². The Morgan fingerprint density at radius 3 is 2.38 bits per heavy atom. The van der Waals surface area contributed by atoms with E-state index in [2.05, 4.69) is 10.3 Å². The number of pyridine rings is 1. The van der Waals surface area contributed by atoms with Gasteiger partial charge in [-0.25, -0.2) is 13.4 Å². The molecule has 1 saturated heterocycles. The third kappa shape index (κ3) is 4.47. The molecule has 0 radical (unpaired) electrons. The van der Waals surface area contributed by atoms with Crippen molar-refractivity contribution in [2.45, 2.75) is 23.8 Å². The lowest BCUT2D eigenvalue weighted by molar-refractivity contribution is 0.191. The number of nitrogens with zero attached hydrogens (tertiary/aromatic N) is 2. The largest absolute Gasteiger partial charge is 0.387 e. The van der Waals surface area contributed by atoms with Crippen LogP contribution in [0.4, 0.5) is 5.82 Å². The quantitative estimate of drug-likeness (QED) is 0.755. The standard InChI is InChI=1S/C17H19Cl2N3O3S/c18-13-7-12(8-14(19)9-13)16(23)11-21-17-4-3-15(10-20-17)26(24,25)22-5-1-2-6-22/h3-4,7-10,16,23H,1-2,5-6,11H2,(H,20,21). The van der Waals surface area contributed by atoms with E-state index in [1.54, 1.807) is 24.3 Å². The Hall–Kier alpha value is -1.38. The van der Waals surface area contributed by atoms with Crippen LogP contribution in [0.2, 0.25) is 10.0 Å². The van der Waals surface area contributed by atoms with E-state index in [1.165, 1.54) is 16.6 Å². The van der Waals surface area contributed by atoms with Crippen LogP contribution in [-0.2, 0) is 10.0 Å². The molecule has 1 aromatic carbocycles. The van der Waals surface area contributed by atoms with Gasteiger partial charge in [0.1, 0.15) is 10.7 Å². The number of nitrogens with one attached hydrogen (secondary N) is 1. The molecule has 1 aliphatic rings. The number of hydrogen-bond acceptors (Lipinski definition) is 5. The van der Waals surface area contributed by atoms with Gasteiger partial charge in [-0.15, -0.1) is 0 Å². The minimum absolute atomic E-state index is 0.173. The Kier molecular flexibility index (Phi) is 6.04. The number of aromatic nitrogens is 1. The minimum Gasteiger partial charge on any atom is -0.387 e. The summed E-state index contributed by atoms with van der Waals surface area (Å²) in [7, 11) is -3.47. The summed E-state index contributed by atoms with van der Waals surface area (Å²) in [5.74, 6) is 0.470. The Balaban J connectivity index is 1.64. The lowest BCUT2D eigenvalue weighted by Gasteiger charge is -2.16. The molecule has 2 N–H and O–H groups in total. The summed E-state index contributed by atoms with van der Waals surface area (Å²) >= 11 is 11.9. The molecule has 1 aromatic heterocycles. The molecular weight excluding hydrogens is 397 g/mol. The number of benzene rings is 1. The number of hydrogen-bond donors (Lipinski definition) is 2. The highest BCUT2D eigenvalue weighted by atomic mass is 35.5. The molecule has 1 fully saturated rings. The van der Waals surface area contributed by atoms with Gasteiger partial charge in [0.05, 0.1) is 6.10 Å². The Morgan fingerprint density at radius 1 is 1.15 bits per heavy atom. The Labute approximate surface area is 162 Å². The predicted molar refractivity (Wildman–Crippen MR) is 102 cm³/mol. The first-order chi connectivity index (χ1) is 12.4. The van der Waals surface area contributed by atoms with Gasteiger partial charge in [0.25, 0.3) is 0 Å². The summed E-state index contributed by atoms with van der Waals surface area (Å²) in [6.07, 6.45) is 2.27. The van der Waals surface area contributed by atoms with Crippen molar-refractivity contribution in [3.05, 3.63) is 52.1 Å². The first-order valence-electron chi connectivity index (χ1n) is 8.20. The van der Waals surface area contributed by atoms with Crippen LogP contribution in [0.25, 0.3) is 0 Å². The molecule has 0 spiro atoms. The summed E-state index contributed by atoms with van der Waals surface area (Å²) in [6, 6.07) is 7.97. The van der Waals surface area contributed by atoms with Crippen molar-refractivity contribution in [2.24, 2.45) is 0 Å². The molecular formula is C17H19Cl2N3O3S. The number of aliphatic hydroxyl groups excluding tert-OH is 1. The lowest BCUT2D eigenvalue weighted by atomic mass is 10.1. The van der Waals surface area contributed by atoms with Gasteiger partial charge < -0.3 is 10.4 Å². The molecule has 2 heterocycles. The SMILES string of the molecule is O=S(=O)(c1ccc(NCC(O)c2cc(Cl)cc(Cl)c2)nc1)N1CCCC1. The van der Waals surface area contributed by atoms with Crippen LogP contribution in [0.1, 0.15) is 24.5 Å². The second-order valence-electron chi connectivity index (χ2n) is 6.09. The highest BCUT2D eigenvalue weighted by Gasteiger charge is 2.27. The van der Waals surface area contributed by atoms with Gasteiger partial charge in [0, 0.05) is 35.9 Å². The van der Waals surface area contributed by atoms with Crippen LogP contribution in [0.5, 0.6) is 0 Å². The summed E-state index contributed by atoms with van der Waals surface area (Å²) in [4.78, 5) is 4.31.